The van der Waals surface area contributed by atoms with Crippen LogP contribution in [0.4, 0.5) is 0 Å². The fraction of sp³-hybridized carbons (Fsp3) is 0.667. The molecule has 1 aliphatic heterocycles. The average molecular weight is 186 g/mol. The standard InChI is InChI=1S/C9H14O4/c1-6-8(7(11)4-5-10)13-9(2,3)12-6/h4-6,8,10H,1-3H3/b5-4-/t6-,8-/m1/s1. The summed E-state index contributed by atoms with van der Waals surface area (Å²) < 4.78 is 10.7. The molecule has 0 radical (unpaired) electrons. The lowest BCUT2D eigenvalue weighted by atomic mass is 10.1. The second-order valence-electron chi connectivity index (χ2n) is 3.48. The Morgan fingerprint density at radius 3 is 2.46 bits per heavy atom. The van der Waals surface area contributed by atoms with Crippen molar-refractivity contribution in [3.63, 3.8) is 0 Å². The van der Waals surface area contributed by atoms with Gasteiger partial charge in [0.2, 0.25) is 0 Å². The van der Waals surface area contributed by atoms with Crippen LogP contribution in [0.1, 0.15) is 20.8 Å². The molecule has 4 nitrogen and oxygen atoms in total. The van der Waals surface area contributed by atoms with Gasteiger partial charge in [0.25, 0.3) is 0 Å². The fourth-order valence-corrected chi connectivity index (χ4v) is 1.40. The van der Waals surface area contributed by atoms with Crippen LogP contribution in [0.2, 0.25) is 0 Å². The lowest BCUT2D eigenvalue weighted by Crippen LogP contribution is -2.28. The Hall–Kier alpha value is -0.870. The van der Waals surface area contributed by atoms with Crippen molar-refractivity contribution in [1.82, 2.24) is 0 Å². The van der Waals surface area contributed by atoms with Crippen LogP contribution in [0.3, 0.4) is 0 Å². The van der Waals surface area contributed by atoms with E-state index in [2.05, 4.69) is 0 Å². The van der Waals surface area contributed by atoms with Crippen molar-refractivity contribution in [3.8, 4) is 0 Å². The molecule has 4 heteroatoms. The van der Waals surface area contributed by atoms with E-state index in [1.807, 2.05) is 0 Å². The molecular formula is C9H14O4. The number of ketones is 1. The largest absolute Gasteiger partial charge is 0.515 e. The first kappa shape index (κ1) is 10.2. The topological polar surface area (TPSA) is 55.8 Å². The van der Waals surface area contributed by atoms with Gasteiger partial charge in [0.1, 0.15) is 6.10 Å². The maximum absolute atomic E-state index is 11.3. The van der Waals surface area contributed by atoms with Crippen molar-refractivity contribution in [2.75, 3.05) is 0 Å². The number of hydrogen-bond donors (Lipinski definition) is 1. The van der Waals surface area contributed by atoms with Crippen LogP contribution in [-0.2, 0) is 14.3 Å². The molecule has 0 aliphatic carbocycles. The third-order valence-corrected chi connectivity index (χ3v) is 1.83. The van der Waals surface area contributed by atoms with Crippen LogP contribution in [0.25, 0.3) is 0 Å². The quantitative estimate of drug-likeness (QED) is 0.519. The van der Waals surface area contributed by atoms with Crippen molar-refractivity contribution in [3.05, 3.63) is 12.3 Å². The van der Waals surface area contributed by atoms with Gasteiger partial charge in [0.15, 0.2) is 11.6 Å². The fourth-order valence-electron chi connectivity index (χ4n) is 1.40. The molecule has 0 saturated carbocycles. The zero-order valence-electron chi connectivity index (χ0n) is 7.98. The van der Waals surface area contributed by atoms with Crippen LogP contribution in [-0.4, -0.2) is 28.9 Å². The molecule has 0 spiro atoms. The monoisotopic (exact) mass is 186 g/mol. The summed E-state index contributed by atoms with van der Waals surface area (Å²) in [5, 5.41) is 8.42. The molecular weight excluding hydrogens is 172 g/mol. The van der Waals surface area contributed by atoms with Crippen LogP contribution in [0.5, 0.6) is 0 Å². The van der Waals surface area contributed by atoms with Crippen molar-refractivity contribution >= 4 is 5.78 Å². The normalized spacial score (nSPS) is 32.5. The van der Waals surface area contributed by atoms with Crippen LogP contribution >= 0.6 is 0 Å². The van der Waals surface area contributed by atoms with Gasteiger partial charge in [-0.3, -0.25) is 4.79 Å². The number of aliphatic hydroxyl groups is 1. The van der Waals surface area contributed by atoms with Gasteiger partial charge >= 0.3 is 0 Å². The van der Waals surface area contributed by atoms with Gasteiger partial charge in [-0.1, -0.05) is 0 Å². The number of aliphatic hydroxyl groups excluding tert-OH is 1. The van der Waals surface area contributed by atoms with Crippen molar-refractivity contribution in [2.45, 2.75) is 38.8 Å². The van der Waals surface area contributed by atoms with Crippen LogP contribution < -0.4 is 0 Å². The number of carbonyl (C=O) groups excluding carboxylic acids is 1. The molecule has 1 aliphatic rings. The Bertz CT molecular complexity index is 232. The highest BCUT2D eigenvalue weighted by molar-refractivity contribution is 5.93. The number of hydrogen-bond acceptors (Lipinski definition) is 4. The van der Waals surface area contributed by atoms with E-state index >= 15 is 0 Å². The van der Waals surface area contributed by atoms with Crippen LogP contribution in [0.15, 0.2) is 12.3 Å². The summed E-state index contributed by atoms with van der Waals surface area (Å²) >= 11 is 0. The molecule has 1 rings (SSSR count). The summed E-state index contributed by atoms with van der Waals surface area (Å²) in [6, 6.07) is 0. The first-order valence-corrected chi connectivity index (χ1v) is 4.16. The first-order valence-electron chi connectivity index (χ1n) is 4.16. The first-order chi connectivity index (χ1) is 5.96. The molecule has 1 N–H and O–H groups in total. The molecule has 13 heavy (non-hydrogen) atoms. The predicted octanol–water partition coefficient (Wildman–Crippen LogP) is 1.17. The van der Waals surface area contributed by atoms with Gasteiger partial charge in [-0.25, -0.2) is 0 Å². The summed E-state index contributed by atoms with van der Waals surface area (Å²) in [6.45, 7) is 5.27. The van der Waals surface area contributed by atoms with Crippen LogP contribution in [0, 0.1) is 0 Å². The maximum atomic E-state index is 11.3. The van der Waals surface area contributed by atoms with E-state index in [9.17, 15) is 4.79 Å². The zero-order valence-corrected chi connectivity index (χ0v) is 7.98. The minimum Gasteiger partial charge on any atom is -0.515 e. The van der Waals surface area contributed by atoms with Crippen molar-refractivity contribution in [2.24, 2.45) is 0 Å². The molecule has 1 heterocycles. The molecule has 0 aromatic carbocycles. The van der Waals surface area contributed by atoms with Crippen molar-refractivity contribution in [1.29, 1.82) is 0 Å². The molecule has 1 fully saturated rings. The van der Waals surface area contributed by atoms with E-state index in [1.54, 1.807) is 20.8 Å². The van der Waals surface area contributed by atoms with Crippen molar-refractivity contribution < 1.29 is 19.4 Å². The second kappa shape index (κ2) is 3.47. The third kappa shape index (κ3) is 2.29. The highest BCUT2D eigenvalue weighted by Gasteiger charge is 2.41. The number of ether oxygens (including phenoxy) is 2. The molecule has 0 unspecified atom stereocenters. The number of carbonyl (C=O) groups is 1. The highest BCUT2D eigenvalue weighted by Crippen LogP contribution is 2.28. The minimum atomic E-state index is -0.719. The van der Waals surface area contributed by atoms with Gasteiger partial charge in [0, 0.05) is 6.08 Å². The van der Waals surface area contributed by atoms with Gasteiger partial charge in [-0.15, -0.1) is 0 Å². The van der Waals surface area contributed by atoms with Gasteiger partial charge in [-0.2, -0.15) is 0 Å². The number of rotatable bonds is 2. The summed E-state index contributed by atoms with van der Waals surface area (Å²) in [6.07, 6.45) is 0.896. The van der Waals surface area contributed by atoms with E-state index in [0.717, 1.165) is 6.08 Å². The minimum absolute atomic E-state index is 0.277. The SMILES string of the molecule is C[C@H]1OC(C)(C)O[C@H]1C(=O)/C=C\O. The van der Waals surface area contributed by atoms with E-state index in [1.165, 1.54) is 0 Å². The lowest BCUT2D eigenvalue weighted by molar-refractivity contribution is -0.152. The second-order valence-corrected chi connectivity index (χ2v) is 3.48. The maximum Gasteiger partial charge on any atom is 0.190 e. The summed E-state index contributed by atoms with van der Waals surface area (Å²) in [7, 11) is 0. The molecule has 0 amide bonds. The zero-order chi connectivity index (χ0) is 10.1. The smallest absolute Gasteiger partial charge is 0.190 e. The van der Waals surface area contributed by atoms with Gasteiger partial charge in [-0.05, 0) is 20.8 Å². The Kier molecular flexibility index (Phi) is 2.73. The molecule has 74 valence electrons. The van der Waals surface area contributed by atoms with E-state index in [-0.39, 0.29) is 11.9 Å². The van der Waals surface area contributed by atoms with E-state index in [4.69, 9.17) is 14.6 Å². The Labute approximate surface area is 77.1 Å². The predicted molar refractivity (Wildman–Crippen MR) is 46.3 cm³/mol. The summed E-state index contributed by atoms with van der Waals surface area (Å²) in [5.41, 5.74) is 0. The molecule has 0 aromatic rings. The van der Waals surface area contributed by atoms with Gasteiger partial charge in [0.05, 0.1) is 12.4 Å². The third-order valence-electron chi connectivity index (χ3n) is 1.83. The Morgan fingerprint density at radius 2 is 2.08 bits per heavy atom. The lowest BCUT2D eigenvalue weighted by Gasteiger charge is -2.15. The highest BCUT2D eigenvalue weighted by atomic mass is 16.8. The molecule has 1 saturated heterocycles. The summed E-state index contributed by atoms with van der Waals surface area (Å²) in [4.78, 5) is 11.3. The average Bonchev–Trinajstić information content (AvgIpc) is 2.25. The molecule has 2 atom stereocenters. The van der Waals surface area contributed by atoms with E-state index in [0.29, 0.717) is 6.26 Å². The Balaban J connectivity index is 2.68. The van der Waals surface area contributed by atoms with Gasteiger partial charge < -0.3 is 14.6 Å². The molecule has 0 aromatic heterocycles. The van der Waals surface area contributed by atoms with E-state index < -0.39 is 11.9 Å². The Morgan fingerprint density at radius 1 is 1.46 bits per heavy atom. The molecule has 0 bridgehead atoms. The summed E-state index contributed by atoms with van der Waals surface area (Å²) in [5.74, 6) is -0.996.